The van der Waals surface area contributed by atoms with Gasteiger partial charge in [-0.2, -0.15) is 0 Å². The van der Waals surface area contributed by atoms with Gasteiger partial charge in [0, 0.05) is 0 Å². The van der Waals surface area contributed by atoms with Crippen LogP contribution < -0.4 is 9.62 Å². The van der Waals surface area contributed by atoms with Gasteiger partial charge in [-0.1, -0.05) is 42.3 Å². The molecule has 0 radical (unpaired) electrons. The first-order chi connectivity index (χ1) is 13.5. The van der Waals surface area contributed by atoms with E-state index >= 15 is 0 Å². The Bertz CT molecular complexity index is 1010. The highest BCUT2D eigenvalue weighted by atomic mass is 35.5. The fraction of sp³-hybridized carbons (Fsp3) is 0.381. The van der Waals surface area contributed by atoms with Gasteiger partial charge in [-0.25, -0.2) is 12.8 Å². The van der Waals surface area contributed by atoms with Gasteiger partial charge in [-0.05, 0) is 56.5 Å². The molecular weight excluding hydrogens is 415 g/mol. The smallest absolute Gasteiger partial charge is 0.244 e. The van der Waals surface area contributed by atoms with Gasteiger partial charge in [0.05, 0.1) is 23.0 Å². The average molecular weight is 441 g/mol. The number of benzene rings is 2. The number of amides is 1. The topological polar surface area (TPSA) is 66.5 Å². The van der Waals surface area contributed by atoms with Gasteiger partial charge in [0.1, 0.15) is 11.9 Å². The predicted molar refractivity (Wildman–Crippen MR) is 115 cm³/mol. The molecular formula is C21H26ClFN2O3S. The van der Waals surface area contributed by atoms with Gasteiger partial charge < -0.3 is 5.32 Å². The first kappa shape index (κ1) is 23.2. The lowest BCUT2D eigenvalue weighted by molar-refractivity contribution is -0.122. The second-order valence-electron chi connectivity index (χ2n) is 7.17. The molecule has 29 heavy (non-hydrogen) atoms. The SMILES string of the molecule is CC[C@@H](C(=O)N[C@@H](C)c1cc(C)ccc1C)N(c1ccc(F)c(Cl)c1)S(C)(=O)=O. The van der Waals surface area contributed by atoms with Gasteiger partial charge in [-0.3, -0.25) is 9.10 Å². The summed E-state index contributed by atoms with van der Waals surface area (Å²) in [4.78, 5) is 13.0. The molecule has 0 bridgehead atoms. The maximum Gasteiger partial charge on any atom is 0.244 e. The summed E-state index contributed by atoms with van der Waals surface area (Å²) >= 11 is 5.83. The number of rotatable bonds is 7. The number of anilines is 1. The maximum absolute atomic E-state index is 13.6. The van der Waals surface area contributed by atoms with Crippen LogP contribution >= 0.6 is 11.6 Å². The molecule has 2 atom stereocenters. The summed E-state index contributed by atoms with van der Waals surface area (Å²) in [6, 6.07) is 8.25. The van der Waals surface area contributed by atoms with E-state index in [1.165, 1.54) is 12.1 Å². The van der Waals surface area contributed by atoms with Gasteiger partial charge >= 0.3 is 0 Å². The molecule has 5 nitrogen and oxygen atoms in total. The summed E-state index contributed by atoms with van der Waals surface area (Å²) in [6.07, 6.45) is 1.24. The number of carbonyl (C=O) groups is 1. The van der Waals surface area contributed by atoms with Gasteiger partial charge in [-0.15, -0.1) is 0 Å². The number of aryl methyl sites for hydroxylation is 2. The minimum absolute atomic E-state index is 0.139. The molecule has 0 unspecified atom stereocenters. The first-order valence-corrected chi connectivity index (χ1v) is 11.5. The van der Waals surface area contributed by atoms with E-state index in [-0.39, 0.29) is 23.2 Å². The number of halogens is 2. The van der Waals surface area contributed by atoms with Crippen molar-refractivity contribution in [2.75, 3.05) is 10.6 Å². The Labute approximate surface area is 176 Å². The number of hydrogen-bond donors (Lipinski definition) is 1. The fourth-order valence-corrected chi connectivity index (χ4v) is 4.67. The van der Waals surface area contributed by atoms with Crippen molar-refractivity contribution >= 4 is 33.2 Å². The Kier molecular flexibility index (Phi) is 7.30. The third-order valence-corrected chi connectivity index (χ3v) is 6.22. The zero-order valence-electron chi connectivity index (χ0n) is 17.2. The lowest BCUT2D eigenvalue weighted by Crippen LogP contribution is -2.49. The standard InChI is InChI=1S/C21H26ClFN2O3S/c1-6-20(21(26)24-15(4)17-11-13(2)7-8-14(17)3)25(29(5,27)28)16-9-10-19(23)18(22)12-16/h7-12,15,20H,6H2,1-5H3,(H,24,26)/t15-,20-/m0/s1. The van der Waals surface area contributed by atoms with Crippen molar-refractivity contribution < 1.29 is 17.6 Å². The van der Waals surface area contributed by atoms with Crippen LogP contribution in [0.1, 0.15) is 43.0 Å². The summed E-state index contributed by atoms with van der Waals surface area (Å²) in [5.74, 6) is -1.10. The van der Waals surface area contributed by atoms with Crippen LogP contribution in [0.15, 0.2) is 36.4 Å². The van der Waals surface area contributed by atoms with Gasteiger partial charge in [0.15, 0.2) is 0 Å². The molecule has 2 rings (SSSR count). The van der Waals surface area contributed by atoms with E-state index in [0.717, 1.165) is 33.3 Å². The van der Waals surface area contributed by atoms with E-state index in [2.05, 4.69) is 5.32 Å². The molecule has 0 aromatic heterocycles. The zero-order valence-corrected chi connectivity index (χ0v) is 18.7. The van der Waals surface area contributed by atoms with Crippen LogP contribution in [0.25, 0.3) is 0 Å². The Morgan fingerprint density at radius 2 is 1.86 bits per heavy atom. The molecule has 0 aliphatic rings. The van der Waals surface area contributed by atoms with Crippen LogP contribution in [-0.2, 0) is 14.8 Å². The van der Waals surface area contributed by atoms with Gasteiger partial charge in [0.25, 0.3) is 0 Å². The Morgan fingerprint density at radius 1 is 1.21 bits per heavy atom. The zero-order chi connectivity index (χ0) is 21.9. The Hall–Kier alpha value is -2.12. The Balaban J connectivity index is 2.37. The molecule has 2 aromatic rings. The van der Waals surface area contributed by atoms with Crippen LogP contribution in [0, 0.1) is 19.7 Å². The molecule has 0 spiro atoms. The van der Waals surface area contributed by atoms with E-state index in [1.54, 1.807) is 6.92 Å². The summed E-state index contributed by atoms with van der Waals surface area (Å²) in [5, 5.41) is 2.70. The lowest BCUT2D eigenvalue weighted by atomic mass is 9.99. The lowest BCUT2D eigenvalue weighted by Gasteiger charge is -2.31. The van der Waals surface area contributed by atoms with Crippen LogP contribution in [0.4, 0.5) is 10.1 Å². The van der Waals surface area contributed by atoms with Crippen molar-refractivity contribution in [2.24, 2.45) is 0 Å². The summed E-state index contributed by atoms with van der Waals surface area (Å²) in [7, 11) is -3.83. The molecule has 0 aliphatic carbocycles. The van der Waals surface area contributed by atoms with Crippen LogP contribution in [-0.4, -0.2) is 26.6 Å². The van der Waals surface area contributed by atoms with Crippen LogP contribution in [0.5, 0.6) is 0 Å². The predicted octanol–water partition coefficient (Wildman–Crippen LogP) is 4.52. The number of carbonyl (C=O) groups excluding carboxylic acids is 1. The van der Waals surface area contributed by atoms with E-state index in [4.69, 9.17) is 11.6 Å². The van der Waals surface area contributed by atoms with Crippen LogP contribution in [0.3, 0.4) is 0 Å². The second-order valence-corrected chi connectivity index (χ2v) is 9.44. The summed E-state index contributed by atoms with van der Waals surface area (Å²) in [6.45, 7) is 7.50. The van der Waals surface area contributed by atoms with E-state index in [1.807, 2.05) is 39.0 Å². The number of nitrogens with zero attached hydrogens (tertiary/aromatic N) is 1. The quantitative estimate of drug-likeness (QED) is 0.688. The second kappa shape index (κ2) is 9.13. The fourth-order valence-electron chi connectivity index (χ4n) is 3.30. The summed E-state index contributed by atoms with van der Waals surface area (Å²) < 4.78 is 39.5. The molecule has 158 valence electrons. The molecule has 0 saturated carbocycles. The molecule has 0 aliphatic heterocycles. The van der Waals surface area contributed by atoms with E-state index < -0.39 is 27.8 Å². The molecule has 1 amide bonds. The largest absolute Gasteiger partial charge is 0.348 e. The van der Waals surface area contributed by atoms with Crippen molar-refractivity contribution in [3.63, 3.8) is 0 Å². The average Bonchev–Trinajstić information content (AvgIpc) is 2.62. The van der Waals surface area contributed by atoms with E-state index in [9.17, 15) is 17.6 Å². The van der Waals surface area contributed by atoms with Crippen molar-refractivity contribution in [1.29, 1.82) is 0 Å². The van der Waals surface area contributed by atoms with Crippen molar-refractivity contribution in [1.82, 2.24) is 5.32 Å². The van der Waals surface area contributed by atoms with Crippen molar-refractivity contribution in [3.8, 4) is 0 Å². The third-order valence-electron chi connectivity index (χ3n) is 4.75. The summed E-state index contributed by atoms with van der Waals surface area (Å²) in [5.41, 5.74) is 3.20. The monoisotopic (exact) mass is 440 g/mol. The molecule has 0 saturated heterocycles. The van der Waals surface area contributed by atoms with Crippen LogP contribution in [0.2, 0.25) is 5.02 Å². The maximum atomic E-state index is 13.6. The molecule has 0 fully saturated rings. The first-order valence-electron chi connectivity index (χ1n) is 9.27. The normalized spacial score (nSPS) is 13.6. The highest BCUT2D eigenvalue weighted by Crippen LogP contribution is 2.28. The number of sulfonamides is 1. The minimum atomic E-state index is -3.83. The molecule has 2 aromatic carbocycles. The molecule has 0 heterocycles. The Morgan fingerprint density at radius 3 is 2.41 bits per heavy atom. The third kappa shape index (κ3) is 5.48. The van der Waals surface area contributed by atoms with Crippen molar-refractivity contribution in [2.45, 2.75) is 46.2 Å². The molecule has 8 heteroatoms. The number of hydrogen-bond acceptors (Lipinski definition) is 3. The highest BCUT2D eigenvalue weighted by molar-refractivity contribution is 7.92. The number of nitrogens with one attached hydrogen (secondary N) is 1. The van der Waals surface area contributed by atoms with Gasteiger partial charge in [0.2, 0.25) is 15.9 Å². The minimum Gasteiger partial charge on any atom is -0.348 e. The van der Waals surface area contributed by atoms with E-state index in [0.29, 0.717) is 0 Å². The molecule has 1 N–H and O–H groups in total. The van der Waals surface area contributed by atoms with Crippen molar-refractivity contribution in [3.05, 3.63) is 63.9 Å². The highest BCUT2D eigenvalue weighted by Gasteiger charge is 2.32.